The van der Waals surface area contributed by atoms with Gasteiger partial charge in [0.1, 0.15) is 0 Å². The maximum Gasteiger partial charge on any atom is 0.234 e. The lowest BCUT2D eigenvalue weighted by Gasteiger charge is -2.04. The Hall–Kier alpha value is -0.830. The molecule has 3 nitrogen and oxygen atoms in total. The molecule has 0 aromatic carbocycles. The highest BCUT2D eigenvalue weighted by Gasteiger charge is 1.97. The number of carbonyl (C=O) groups is 1. The molecule has 12 heavy (non-hydrogen) atoms. The first-order chi connectivity index (χ1) is 5.66. The van der Waals surface area contributed by atoms with Gasteiger partial charge in [0.25, 0.3) is 0 Å². The average molecular weight is 170 g/mol. The molecule has 70 valence electrons. The molecule has 2 N–H and O–H groups in total. The maximum absolute atomic E-state index is 11.0. The first-order valence-electron chi connectivity index (χ1n) is 4.28. The van der Waals surface area contributed by atoms with Crippen molar-refractivity contribution >= 4 is 5.91 Å². The van der Waals surface area contributed by atoms with Crippen molar-refractivity contribution in [3.63, 3.8) is 0 Å². The summed E-state index contributed by atoms with van der Waals surface area (Å²) in [6, 6.07) is 0. The Morgan fingerprint density at radius 2 is 2.08 bits per heavy atom. The molecule has 0 aliphatic rings. The average Bonchev–Trinajstić information content (AvgIpc) is 2.01. The predicted molar refractivity (Wildman–Crippen MR) is 51.0 cm³/mol. The van der Waals surface area contributed by atoms with Gasteiger partial charge in [-0.05, 0) is 19.9 Å². The van der Waals surface area contributed by atoms with Gasteiger partial charge in [-0.25, -0.2) is 0 Å². The molecule has 0 radical (unpaired) electrons. The highest BCUT2D eigenvalue weighted by Crippen LogP contribution is 1.80. The highest BCUT2D eigenvalue weighted by atomic mass is 16.1. The molecule has 0 aliphatic heterocycles. The standard InChI is InChI=1S/C9H18N2O/c1-4-5-10-7-9(12)11-6-8(2)3/h10H,2,4-7H2,1,3H3,(H,11,12). The fraction of sp³-hybridized carbons (Fsp3) is 0.667. The van der Waals surface area contributed by atoms with Crippen LogP contribution in [-0.4, -0.2) is 25.5 Å². The van der Waals surface area contributed by atoms with E-state index >= 15 is 0 Å². The fourth-order valence-electron chi connectivity index (χ4n) is 0.691. The van der Waals surface area contributed by atoms with Crippen LogP contribution in [0.3, 0.4) is 0 Å². The monoisotopic (exact) mass is 170 g/mol. The molecule has 0 heterocycles. The topological polar surface area (TPSA) is 41.1 Å². The van der Waals surface area contributed by atoms with Crippen LogP contribution >= 0.6 is 0 Å². The molecular formula is C9H18N2O. The van der Waals surface area contributed by atoms with Gasteiger partial charge in [-0.3, -0.25) is 4.79 Å². The zero-order valence-electron chi connectivity index (χ0n) is 7.94. The highest BCUT2D eigenvalue weighted by molar-refractivity contribution is 5.78. The van der Waals surface area contributed by atoms with Gasteiger partial charge in [-0.1, -0.05) is 19.1 Å². The van der Waals surface area contributed by atoms with E-state index in [0.29, 0.717) is 13.1 Å². The zero-order valence-corrected chi connectivity index (χ0v) is 7.94. The van der Waals surface area contributed by atoms with Gasteiger partial charge in [-0.2, -0.15) is 0 Å². The summed E-state index contributed by atoms with van der Waals surface area (Å²) in [5.74, 6) is 0.0338. The summed E-state index contributed by atoms with van der Waals surface area (Å²) in [6.07, 6.45) is 1.05. The van der Waals surface area contributed by atoms with E-state index in [1.54, 1.807) is 0 Å². The van der Waals surface area contributed by atoms with Crippen molar-refractivity contribution in [1.82, 2.24) is 10.6 Å². The van der Waals surface area contributed by atoms with Crippen LogP contribution in [0.4, 0.5) is 0 Å². The minimum Gasteiger partial charge on any atom is -0.351 e. The van der Waals surface area contributed by atoms with Crippen LogP contribution in [0.25, 0.3) is 0 Å². The van der Waals surface area contributed by atoms with Crippen molar-refractivity contribution in [2.75, 3.05) is 19.6 Å². The van der Waals surface area contributed by atoms with E-state index < -0.39 is 0 Å². The van der Waals surface area contributed by atoms with Gasteiger partial charge in [0.15, 0.2) is 0 Å². The first kappa shape index (κ1) is 11.2. The minimum absolute atomic E-state index is 0.0338. The second kappa shape index (κ2) is 6.85. The normalized spacial score (nSPS) is 9.50. The molecule has 0 fully saturated rings. The second-order valence-electron chi connectivity index (χ2n) is 2.91. The molecule has 1 amide bonds. The van der Waals surface area contributed by atoms with E-state index in [0.717, 1.165) is 18.5 Å². The third kappa shape index (κ3) is 7.28. The van der Waals surface area contributed by atoms with E-state index in [1.807, 2.05) is 6.92 Å². The molecule has 0 aromatic heterocycles. The molecule has 0 rings (SSSR count). The summed E-state index contributed by atoms with van der Waals surface area (Å²) in [6.45, 7) is 9.51. The Morgan fingerprint density at radius 3 is 2.58 bits per heavy atom. The Morgan fingerprint density at radius 1 is 1.42 bits per heavy atom. The van der Waals surface area contributed by atoms with Gasteiger partial charge >= 0.3 is 0 Å². The lowest BCUT2D eigenvalue weighted by atomic mass is 10.3. The van der Waals surface area contributed by atoms with E-state index in [9.17, 15) is 4.79 Å². The molecule has 0 aliphatic carbocycles. The van der Waals surface area contributed by atoms with Crippen molar-refractivity contribution in [1.29, 1.82) is 0 Å². The third-order valence-corrected chi connectivity index (χ3v) is 1.30. The number of hydrogen-bond acceptors (Lipinski definition) is 2. The number of carbonyl (C=O) groups excluding carboxylic acids is 1. The van der Waals surface area contributed by atoms with Gasteiger partial charge in [0, 0.05) is 6.54 Å². The lowest BCUT2D eigenvalue weighted by molar-refractivity contribution is -0.120. The van der Waals surface area contributed by atoms with Crippen molar-refractivity contribution in [2.24, 2.45) is 0 Å². The number of rotatable bonds is 6. The van der Waals surface area contributed by atoms with Crippen molar-refractivity contribution in [3.8, 4) is 0 Å². The van der Waals surface area contributed by atoms with Crippen molar-refractivity contribution < 1.29 is 4.79 Å². The lowest BCUT2D eigenvalue weighted by Crippen LogP contribution is -2.34. The van der Waals surface area contributed by atoms with Gasteiger partial charge in [-0.15, -0.1) is 0 Å². The number of amides is 1. The molecule has 0 bridgehead atoms. The summed E-state index contributed by atoms with van der Waals surface area (Å²) in [4.78, 5) is 11.0. The molecular weight excluding hydrogens is 152 g/mol. The first-order valence-corrected chi connectivity index (χ1v) is 4.28. The van der Waals surface area contributed by atoms with Crippen LogP contribution in [0.15, 0.2) is 12.2 Å². The van der Waals surface area contributed by atoms with E-state index in [-0.39, 0.29) is 5.91 Å². The summed E-state index contributed by atoms with van der Waals surface area (Å²) >= 11 is 0. The molecule has 0 unspecified atom stereocenters. The molecule has 0 aromatic rings. The van der Waals surface area contributed by atoms with Crippen LogP contribution in [0.2, 0.25) is 0 Å². The Labute approximate surface area is 74.2 Å². The summed E-state index contributed by atoms with van der Waals surface area (Å²) < 4.78 is 0. The van der Waals surface area contributed by atoms with Crippen molar-refractivity contribution in [2.45, 2.75) is 20.3 Å². The molecule has 0 atom stereocenters. The quantitative estimate of drug-likeness (QED) is 0.454. The fourth-order valence-corrected chi connectivity index (χ4v) is 0.691. The van der Waals surface area contributed by atoms with Gasteiger partial charge in [0.05, 0.1) is 6.54 Å². The van der Waals surface area contributed by atoms with Crippen molar-refractivity contribution in [3.05, 3.63) is 12.2 Å². The second-order valence-corrected chi connectivity index (χ2v) is 2.91. The SMILES string of the molecule is C=C(C)CNC(=O)CNCCC. The van der Waals surface area contributed by atoms with Crippen LogP contribution in [0, 0.1) is 0 Å². The van der Waals surface area contributed by atoms with E-state index in [1.165, 1.54) is 0 Å². The predicted octanol–water partition coefficient (Wildman–Crippen LogP) is 0.678. The summed E-state index contributed by atoms with van der Waals surface area (Å²) in [5.41, 5.74) is 0.971. The minimum atomic E-state index is 0.0338. The third-order valence-electron chi connectivity index (χ3n) is 1.30. The van der Waals surface area contributed by atoms with Crippen LogP contribution in [-0.2, 0) is 4.79 Å². The Kier molecular flexibility index (Phi) is 6.38. The zero-order chi connectivity index (χ0) is 9.40. The maximum atomic E-state index is 11.0. The molecule has 0 saturated carbocycles. The number of nitrogens with one attached hydrogen (secondary N) is 2. The molecule has 3 heteroatoms. The van der Waals surface area contributed by atoms with Gasteiger partial charge in [0.2, 0.25) is 5.91 Å². The molecule has 0 spiro atoms. The molecule has 0 saturated heterocycles. The smallest absolute Gasteiger partial charge is 0.234 e. The van der Waals surface area contributed by atoms with E-state index in [4.69, 9.17) is 0 Å². The van der Waals surface area contributed by atoms with Crippen LogP contribution in [0.5, 0.6) is 0 Å². The largest absolute Gasteiger partial charge is 0.351 e. The Bertz CT molecular complexity index is 155. The van der Waals surface area contributed by atoms with Gasteiger partial charge < -0.3 is 10.6 Å². The number of hydrogen-bond donors (Lipinski definition) is 2. The van der Waals surface area contributed by atoms with Crippen LogP contribution in [0.1, 0.15) is 20.3 Å². The Balaban J connectivity index is 3.28. The summed E-state index contributed by atoms with van der Waals surface area (Å²) in [5, 5.41) is 5.76. The van der Waals surface area contributed by atoms with E-state index in [2.05, 4.69) is 24.1 Å². The summed E-state index contributed by atoms with van der Waals surface area (Å²) in [7, 11) is 0. The van der Waals surface area contributed by atoms with Crippen LogP contribution < -0.4 is 10.6 Å².